The molecule has 0 radical (unpaired) electrons. The fourth-order valence-electron chi connectivity index (χ4n) is 2.37. The van der Waals surface area contributed by atoms with E-state index in [-0.39, 0.29) is 0 Å². The quantitative estimate of drug-likeness (QED) is 0.543. The minimum absolute atomic E-state index is 0.373. The SMILES string of the molecule is CO[SiH2]C(C)(C)CCN(CCN)CCC(C)(C)[SiH2]OC. The molecule has 0 aromatic heterocycles. The van der Waals surface area contributed by atoms with Crippen LogP contribution < -0.4 is 5.73 Å². The number of nitrogens with zero attached hydrogens (tertiary/aromatic N) is 1. The Morgan fingerprint density at radius 3 is 1.55 bits per heavy atom. The molecule has 2 N–H and O–H groups in total. The average molecular weight is 321 g/mol. The van der Waals surface area contributed by atoms with Crippen LogP contribution in [0.25, 0.3) is 0 Å². The van der Waals surface area contributed by atoms with Crippen LogP contribution in [0, 0.1) is 0 Å². The Kier molecular flexibility index (Phi) is 10.2. The predicted octanol–water partition coefficient (Wildman–Crippen LogP) is 0.885. The lowest BCUT2D eigenvalue weighted by Crippen LogP contribution is -2.35. The normalized spacial score (nSPS) is 14.4. The monoisotopic (exact) mass is 320 g/mol. The maximum absolute atomic E-state index is 5.75. The van der Waals surface area contributed by atoms with Gasteiger partial charge >= 0.3 is 0 Å². The van der Waals surface area contributed by atoms with E-state index in [2.05, 4.69) is 32.6 Å². The van der Waals surface area contributed by atoms with Crippen LogP contribution in [-0.2, 0) is 8.85 Å². The zero-order valence-corrected chi connectivity index (χ0v) is 17.3. The van der Waals surface area contributed by atoms with Crippen LogP contribution in [0.5, 0.6) is 0 Å². The van der Waals surface area contributed by atoms with E-state index in [4.69, 9.17) is 14.6 Å². The molecule has 0 aliphatic heterocycles. The van der Waals surface area contributed by atoms with Crippen molar-refractivity contribution in [3.8, 4) is 0 Å². The highest BCUT2D eigenvalue weighted by Gasteiger charge is 2.22. The Labute approximate surface area is 130 Å². The van der Waals surface area contributed by atoms with Gasteiger partial charge in [0, 0.05) is 27.3 Å². The summed E-state index contributed by atoms with van der Waals surface area (Å²) in [5.74, 6) is 0. The van der Waals surface area contributed by atoms with Crippen molar-refractivity contribution in [3.63, 3.8) is 0 Å². The third-order valence-corrected chi connectivity index (χ3v) is 6.57. The molecule has 0 atom stereocenters. The summed E-state index contributed by atoms with van der Waals surface area (Å²) in [7, 11) is 2.82. The maximum Gasteiger partial charge on any atom is 0.166 e. The minimum atomic E-state index is -0.428. The Bertz CT molecular complexity index is 229. The summed E-state index contributed by atoms with van der Waals surface area (Å²) < 4.78 is 10.9. The lowest BCUT2D eigenvalue weighted by Gasteiger charge is -2.31. The van der Waals surface area contributed by atoms with Crippen molar-refractivity contribution in [3.05, 3.63) is 0 Å². The largest absolute Gasteiger partial charge is 0.427 e. The summed E-state index contributed by atoms with van der Waals surface area (Å²) in [4.78, 5) is 2.51. The Morgan fingerprint density at radius 2 is 1.25 bits per heavy atom. The molecule has 0 heterocycles. The van der Waals surface area contributed by atoms with Crippen LogP contribution in [0.2, 0.25) is 10.1 Å². The fraction of sp³-hybridized carbons (Fsp3) is 1.00. The highest BCUT2D eigenvalue weighted by molar-refractivity contribution is 6.32. The number of nitrogens with two attached hydrogens (primary N) is 1. The van der Waals surface area contributed by atoms with Gasteiger partial charge in [0.05, 0.1) is 0 Å². The standard InChI is InChI=1S/C14H36N2O2Si2/c1-13(2,19-17-5)7-10-16(12-9-15)11-8-14(3,4)20-18-6/h7-12,15,19-20H2,1-6H3. The van der Waals surface area contributed by atoms with Gasteiger partial charge < -0.3 is 19.5 Å². The molecule has 0 aliphatic rings. The van der Waals surface area contributed by atoms with Gasteiger partial charge in [-0.15, -0.1) is 0 Å². The second kappa shape index (κ2) is 10.1. The summed E-state index contributed by atoms with van der Waals surface area (Å²) >= 11 is 0. The van der Waals surface area contributed by atoms with Gasteiger partial charge in [0.25, 0.3) is 0 Å². The van der Waals surface area contributed by atoms with Crippen molar-refractivity contribution in [1.82, 2.24) is 4.90 Å². The molecule has 0 aromatic rings. The van der Waals surface area contributed by atoms with E-state index in [1.165, 1.54) is 12.8 Å². The molecule has 122 valence electrons. The highest BCUT2D eigenvalue weighted by atomic mass is 28.2. The summed E-state index contributed by atoms with van der Waals surface area (Å²) in [5.41, 5.74) is 5.75. The van der Waals surface area contributed by atoms with Gasteiger partial charge in [0.15, 0.2) is 19.5 Å². The van der Waals surface area contributed by atoms with Crippen LogP contribution in [0.15, 0.2) is 0 Å². The Hall–Kier alpha value is 0.274. The summed E-state index contributed by atoms with van der Waals surface area (Å²) in [6.07, 6.45) is 2.41. The summed E-state index contributed by atoms with van der Waals surface area (Å²) in [5, 5.41) is 0.747. The Balaban J connectivity index is 4.22. The molecule has 0 aromatic carbocycles. The van der Waals surface area contributed by atoms with Gasteiger partial charge in [-0.1, -0.05) is 27.7 Å². The van der Waals surface area contributed by atoms with E-state index in [1.54, 1.807) is 0 Å². The van der Waals surface area contributed by atoms with Crippen LogP contribution in [-0.4, -0.2) is 64.8 Å². The first-order chi connectivity index (χ1) is 9.26. The first-order valence-electron chi connectivity index (χ1n) is 7.66. The van der Waals surface area contributed by atoms with Crippen molar-refractivity contribution >= 4 is 19.5 Å². The van der Waals surface area contributed by atoms with Gasteiger partial charge in [-0.3, -0.25) is 0 Å². The number of hydrogen-bond acceptors (Lipinski definition) is 4. The first kappa shape index (κ1) is 20.3. The number of hydrogen-bond donors (Lipinski definition) is 1. The van der Waals surface area contributed by atoms with Crippen molar-refractivity contribution in [2.45, 2.75) is 50.6 Å². The van der Waals surface area contributed by atoms with Crippen molar-refractivity contribution in [2.75, 3.05) is 40.4 Å². The van der Waals surface area contributed by atoms with Gasteiger partial charge in [-0.2, -0.15) is 0 Å². The van der Waals surface area contributed by atoms with Crippen LogP contribution >= 0.6 is 0 Å². The van der Waals surface area contributed by atoms with Crippen LogP contribution in [0.4, 0.5) is 0 Å². The molecule has 0 spiro atoms. The molecule has 4 nitrogen and oxygen atoms in total. The zero-order valence-electron chi connectivity index (χ0n) is 14.5. The van der Waals surface area contributed by atoms with E-state index in [0.29, 0.717) is 10.1 Å². The van der Waals surface area contributed by atoms with E-state index in [1.807, 2.05) is 14.2 Å². The zero-order chi connectivity index (χ0) is 15.6. The predicted molar refractivity (Wildman–Crippen MR) is 93.9 cm³/mol. The van der Waals surface area contributed by atoms with Crippen LogP contribution in [0.3, 0.4) is 0 Å². The summed E-state index contributed by atoms with van der Waals surface area (Å²) in [6.45, 7) is 13.3. The molecule has 0 amide bonds. The molecule has 0 aliphatic carbocycles. The van der Waals surface area contributed by atoms with E-state index in [9.17, 15) is 0 Å². The number of rotatable bonds is 12. The van der Waals surface area contributed by atoms with Gasteiger partial charge in [0.2, 0.25) is 0 Å². The highest BCUT2D eigenvalue weighted by Crippen LogP contribution is 2.30. The third-order valence-electron chi connectivity index (χ3n) is 3.73. The third kappa shape index (κ3) is 10.1. The molecule has 0 fully saturated rings. The average Bonchev–Trinajstić information content (AvgIpc) is 2.32. The van der Waals surface area contributed by atoms with Crippen molar-refractivity contribution in [1.29, 1.82) is 0 Å². The summed E-state index contributed by atoms with van der Waals surface area (Å²) in [6, 6.07) is 0. The van der Waals surface area contributed by atoms with Crippen molar-refractivity contribution in [2.24, 2.45) is 5.73 Å². The lowest BCUT2D eigenvalue weighted by molar-refractivity contribution is 0.246. The molecular weight excluding hydrogens is 284 g/mol. The maximum atomic E-state index is 5.75. The molecule has 0 unspecified atom stereocenters. The van der Waals surface area contributed by atoms with Crippen LogP contribution in [0.1, 0.15) is 40.5 Å². The first-order valence-corrected chi connectivity index (χ1v) is 10.2. The molecule has 20 heavy (non-hydrogen) atoms. The lowest BCUT2D eigenvalue weighted by atomic mass is 10.1. The molecule has 6 heteroatoms. The van der Waals surface area contributed by atoms with E-state index in [0.717, 1.165) is 26.2 Å². The molecule has 0 rings (SSSR count). The topological polar surface area (TPSA) is 47.7 Å². The second-order valence-electron chi connectivity index (χ2n) is 7.32. The minimum Gasteiger partial charge on any atom is -0.427 e. The smallest absolute Gasteiger partial charge is 0.166 e. The molecule has 0 saturated heterocycles. The molecule has 0 saturated carbocycles. The second-order valence-corrected chi connectivity index (χ2v) is 12.9. The Morgan fingerprint density at radius 1 is 0.850 bits per heavy atom. The fourth-order valence-corrected chi connectivity index (χ4v) is 4.53. The van der Waals surface area contributed by atoms with E-state index >= 15 is 0 Å². The van der Waals surface area contributed by atoms with Gasteiger partial charge in [0.1, 0.15) is 0 Å². The molecular formula is C14H36N2O2Si2. The van der Waals surface area contributed by atoms with Gasteiger partial charge in [-0.05, 0) is 36.0 Å². The van der Waals surface area contributed by atoms with E-state index < -0.39 is 19.5 Å². The van der Waals surface area contributed by atoms with Gasteiger partial charge in [-0.25, -0.2) is 0 Å². The molecule has 0 bridgehead atoms. The van der Waals surface area contributed by atoms with Crippen molar-refractivity contribution < 1.29 is 8.85 Å².